The highest BCUT2D eigenvalue weighted by Gasteiger charge is 2.43. The second kappa shape index (κ2) is 6.45. The van der Waals surface area contributed by atoms with E-state index in [0.29, 0.717) is 16.1 Å². The van der Waals surface area contributed by atoms with Gasteiger partial charge in [0.2, 0.25) is 0 Å². The van der Waals surface area contributed by atoms with E-state index in [-0.39, 0.29) is 6.42 Å². The molecule has 1 heterocycles. The molecule has 6 heteroatoms. The fourth-order valence-electron chi connectivity index (χ4n) is 2.75. The molecule has 5 nitrogen and oxygen atoms in total. The monoisotopic (exact) mass is 343 g/mol. The Hall–Kier alpha value is -2.66. The topological polar surface area (TPSA) is 63.7 Å². The minimum Gasteiger partial charge on any atom is -0.467 e. The van der Waals surface area contributed by atoms with Gasteiger partial charge < -0.3 is 4.74 Å². The number of esters is 1. The summed E-state index contributed by atoms with van der Waals surface area (Å²) in [7, 11) is 1.23. The van der Waals surface area contributed by atoms with Crippen LogP contribution >= 0.6 is 11.6 Å². The summed E-state index contributed by atoms with van der Waals surface area (Å²) >= 11 is 5.86. The molecule has 0 N–H and O–H groups in total. The number of benzene rings is 2. The van der Waals surface area contributed by atoms with Crippen LogP contribution in [-0.2, 0) is 16.0 Å². The molecule has 0 saturated carbocycles. The van der Waals surface area contributed by atoms with Gasteiger partial charge in [0.05, 0.1) is 18.2 Å². The number of carbonyl (C=O) groups excluding carboxylic acids is 3. The highest BCUT2D eigenvalue weighted by atomic mass is 35.5. The highest BCUT2D eigenvalue weighted by Crippen LogP contribution is 2.26. The third-order valence-corrected chi connectivity index (χ3v) is 4.20. The van der Waals surface area contributed by atoms with E-state index in [0.717, 1.165) is 10.5 Å². The number of fused-ring (bicyclic) bond motifs is 1. The standard InChI is InChI=1S/C18H14ClNO4/c1-24-18(23)15(10-11-6-8-12(19)9-7-11)20-16(21)13-4-2-3-5-14(13)17(20)22/h2-9,15H,10H2,1H3/t15-/m0/s1. The molecule has 2 aromatic rings. The molecule has 122 valence electrons. The first-order chi connectivity index (χ1) is 11.5. The molecule has 0 spiro atoms. The van der Waals surface area contributed by atoms with E-state index < -0.39 is 23.8 Å². The Balaban J connectivity index is 1.95. The summed E-state index contributed by atoms with van der Waals surface area (Å²) in [6.45, 7) is 0. The highest BCUT2D eigenvalue weighted by molar-refractivity contribution is 6.30. The van der Waals surface area contributed by atoms with Crippen molar-refractivity contribution in [2.75, 3.05) is 7.11 Å². The van der Waals surface area contributed by atoms with E-state index in [1.807, 2.05) is 0 Å². The Kier molecular flexibility index (Phi) is 4.36. The van der Waals surface area contributed by atoms with Gasteiger partial charge in [-0.15, -0.1) is 0 Å². The van der Waals surface area contributed by atoms with Gasteiger partial charge in [-0.1, -0.05) is 35.9 Å². The van der Waals surface area contributed by atoms with Crippen LogP contribution in [0.2, 0.25) is 5.02 Å². The zero-order valence-corrected chi connectivity index (χ0v) is 13.6. The summed E-state index contributed by atoms with van der Waals surface area (Å²) in [5.41, 5.74) is 1.37. The molecule has 1 aliphatic heterocycles. The van der Waals surface area contributed by atoms with Gasteiger partial charge in [0, 0.05) is 11.4 Å². The Morgan fingerprint density at radius 3 is 2.08 bits per heavy atom. The van der Waals surface area contributed by atoms with Crippen LogP contribution in [0, 0.1) is 0 Å². The van der Waals surface area contributed by atoms with Crippen LogP contribution in [0.1, 0.15) is 26.3 Å². The fourth-order valence-corrected chi connectivity index (χ4v) is 2.88. The van der Waals surface area contributed by atoms with Crippen molar-refractivity contribution in [3.63, 3.8) is 0 Å². The number of ether oxygens (including phenoxy) is 1. The Morgan fingerprint density at radius 2 is 1.58 bits per heavy atom. The van der Waals surface area contributed by atoms with Crippen molar-refractivity contribution in [2.24, 2.45) is 0 Å². The summed E-state index contributed by atoms with van der Waals surface area (Å²) in [5, 5.41) is 0.564. The number of nitrogens with zero attached hydrogens (tertiary/aromatic N) is 1. The third-order valence-electron chi connectivity index (χ3n) is 3.95. The lowest BCUT2D eigenvalue weighted by molar-refractivity contribution is -0.145. The molecule has 1 atom stereocenters. The van der Waals surface area contributed by atoms with Crippen LogP contribution in [0.25, 0.3) is 0 Å². The van der Waals surface area contributed by atoms with Gasteiger partial charge in [-0.2, -0.15) is 0 Å². The number of hydrogen-bond acceptors (Lipinski definition) is 4. The third kappa shape index (κ3) is 2.78. The first kappa shape index (κ1) is 16.2. The quantitative estimate of drug-likeness (QED) is 0.632. The molecule has 2 amide bonds. The second-order valence-electron chi connectivity index (χ2n) is 5.40. The fraction of sp³-hybridized carbons (Fsp3) is 0.167. The summed E-state index contributed by atoms with van der Waals surface area (Å²) in [6.07, 6.45) is 0.162. The van der Waals surface area contributed by atoms with Gasteiger partial charge >= 0.3 is 5.97 Å². The number of halogens is 1. The van der Waals surface area contributed by atoms with E-state index in [1.54, 1.807) is 48.5 Å². The molecular weight excluding hydrogens is 330 g/mol. The molecule has 0 saturated heterocycles. The van der Waals surface area contributed by atoms with Crippen molar-refractivity contribution in [3.8, 4) is 0 Å². The van der Waals surface area contributed by atoms with Crippen molar-refractivity contribution in [1.82, 2.24) is 4.90 Å². The molecule has 0 fully saturated rings. The molecule has 1 aliphatic rings. The lowest BCUT2D eigenvalue weighted by Crippen LogP contribution is -2.46. The Morgan fingerprint density at radius 1 is 1.04 bits per heavy atom. The predicted octanol–water partition coefficient (Wildman–Crippen LogP) is 2.72. The maximum Gasteiger partial charge on any atom is 0.329 e. The Labute approximate surface area is 143 Å². The van der Waals surface area contributed by atoms with Crippen LogP contribution in [0.4, 0.5) is 0 Å². The van der Waals surface area contributed by atoms with Gasteiger partial charge in [-0.05, 0) is 29.8 Å². The molecule has 0 aliphatic carbocycles. The Bertz CT molecular complexity index is 781. The molecule has 0 radical (unpaired) electrons. The molecule has 0 aromatic heterocycles. The zero-order chi connectivity index (χ0) is 17.3. The number of rotatable bonds is 4. The van der Waals surface area contributed by atoms with Gasteiger partial charge in [0.1, 0.15) is 6.04 Å². The molecule has 0 unspecified atom stereocenters. The van der Waals surface area contributed by atoms with Gasteiger partial charge in [-0.25, -0.2) is 4.79 Å². The van der Waals surface area contributed by atoms with Crippen LogP contribution in [0.15, 0.2) is 48.5 Å². The molecule has 2 aromatic carbocycles. The lowest BCUT2D eigenvalue weighted by atomic mass is 10.0. The maximum absolute atomic E-state index is 12.6. The first-order valence-electron chi connectivity index (χ1n) is 7.32. The number of imide groups is 1. The van der Waals surface area contributed by atoms with E-state index in [1.165, 1.54) is 7.11 Å². The molecule has 24 heavy (non-hydrogen) atoms. The van der Waals surface area contributed by atoms with Gasteiger partial charge in [0.15, 0.2) is 0 Å². The number of hydrogen-bond donors (Lipinski definition) is 0. The minimum atomic E-state index is -1.02. The normalized spacial score (nSPS) is 14.5. The number of methoxy groups -OCH3 is 1. The average Bonchev–Trinajstić information content (AvgIpc) is 2.85. The van der Waals surface area contributed by atoms with Crippen molar-refractivity contribution in [1.29, 1.82) is 0 Å². The van der Waals surface area contributed by atoms with Crippen molar-refractivity contribution < 1.29 is 19.1 Å². The second-order valence-corrected chi connectivity index (χ2v) is 5.83. The maximum atomic E-state index is 12.6. The van der Waals surface area contributed by atoms with E-state index in [4.69, 9.17) is 16.3 Å². The molecule has 0 bridgehead atoms. The van der Waals surface area contributed by atoms with Crippen molar-refractivity contribution >= 4 is 29.4 Å². The molecule has 3 rings (SSSR count). The van der Waals surface area contributed by atoms with Crippen LogP contribution < -0.4 is 0 Å². The summed E-state index contributed by atoms with van der Waals surface area (Å²) in [6, 6.07) is 12.4. The largest absolute Gasteiger partial charge is 0.467 e. The zero-order valence-electron chi connectivity index (χ0n) is 12.9. The average molecular weight is 344 g/mol. The van der Waals surface area contributed by atoms with Gasteiger partial charge in [0.25, 0.3) is 11.8 Å². The van der Waals surface area contributed by atoms with Crippen LogP contribution in [-0.4, -0.2) is 35.8 Å². The van der Waals surface area contributed by atoms with Crippen LogP contribution in [0.3, 0.4) is 0 Å². The van der Waals surface area contributed by atoms with Crippen molar-refractivity contribution in [2.45, 2.75) is 12.5 Å². The van der Waals surface area contributed by atoms with Crippen molar-refractivity contribution in [3.05, 3.63) is 70.2 Å². The summed E-state index contributed by atoms with van der Waals surface area (Å²) in [4.78, 5) is 38.4. The van der Waals surface area contributed by atoms with E-state index >= 15 is 0 Å². The van der Waals surface area contributed by atoms with Crippen LogP contribution in [0.5, 0.6) is 0 Å². The summed E-state index contributed by atoms with van der Waals surface area (Å²) in [5.74, 6) is -1.61. The smallest absolute Gasteiger partial charge is 0.329 e. The predicted molar refractivity (Wildman–Crippen MR) is 87.9 cm³/mol. The number of amides is 2. The summed E-state index contributed by atoms with van der Waals surface area (Å²) < 4.78 is 4.81. The van der Waals surface area contributed by atoms with Gasteiger partial charge in [-0.3, -0.25) is 14.5 Å². The van der Waals surface area contributed by atoms with E-state index in [2.05, 4.69) is 0 Å². The lowest BCUT2D eigenvalue weighted by Gasteiger charge is -2.24. The minimum absolute atomic E-state index is 0.162. The van der Waals surface area contributed by atoms with E-state index in [9.17, 15) is 14.4 Å². The number of carbonyl (C=O) groups is 3. The molecular formula is C18H14ClNO4. The SMILES string of the molecule is COC(=O)[C@H](Cc1ccc(Cl)cc1)N1C(=O)c2ccccc2C1=O. The first-order valence-corrected chi connectivity index (χ1v) is 7.70.